The molecule has 0 aromatic heterocycles. The van der Waals surface area contributed by atoms with E-state index in [1.165, 1.54) is 0 Å². The summed E-state index contributed by atoms with van der Waals surface area (Å²) in [4.78, 5) is 0. The van der Waals surface area contributed by atoms with Crippen LogP contribution in [0.5, 0.6) is 0 Å². The van der Waals surface area contributed by atoms with Gasteiger partial charge in [0.05, 0.1) is 0 Å². The van der Waals surface area contributed by atoms with Crippen molar-refractivity contribution in [3.63, 3.8) is 0 Å². The molecule has 3 nitrogen and oxygen atoms in total. The molecule has 0 spiro atoms. The normalized spacial score (nSPS) is 12.7. The van der Waals surface area contributed by atoms with Gasteiger partial charge in [-0.3, -0.25) is 0 Å². The quantitative estimate of drug-likeness (QED) is 0.659. The van der Waals surface area contributed by atoms with Crippen molar-refractivity contribution in [2.75, 3.05) is 6.26 Å². The minimum atomic E-state index is -3.66. The average Bonchev–Trinajstić information content (AvgIpc) is 2.61. The van der Waals surface area contributed by atoms with Gasteiger partial charge >= 0.3 is 143 Å². The fourth-order valence-electron chi connectivity index (χ4n) is 2.89. The van der Waals surface area contributed by atoms with Crippen LogP contribution in [0.25, 0.3) is 0 Å². The van der Waals surface area contributed by atoms with Crippen molar-refractivity contribution in [2.45, 2.75) is 0 Å². The fraction of sp³-hybridized carbons (Fsp3) is 0.0526. The average molecular weight is 358 g/mol. The van der Waals surface area contributed by atoms with Crippen molar-refractivity contribution in [2.24, 2.45) is 0 Å². The summed E-state index contributed by atoms with van der Waals surface area (Å²) in [7, 11) is -6.81. The molecule has 0 saturated heterocycles. The predicted octanol–water partition coefficient (Wildman–Crippen LogP) is 2.60. The SMILES string of the molecule is CS(=O)(=O)O[PH](c1ccccc1)(c1ccccc1)c1ccccc1. The summed E-state index contributed by atoms with van der Waals surface area (Å²) in [5.74, 6) is 0. The van der Waals surface area contributed by atoms with Crippen molar-refractivity contribution in [1.29, 1.82) is 0 Å². The first kappa shape index (κ1) is 16.8. The van der Waals surface area contributed by atoms with E-state index in [1.807, 2.05) is 91.0 Å². The second-order valence-corrected chi connectivity index (χ2v) is 10.7. The first-order valence-electron chi connectivity index (χ1n) is 7.59. The molecule has 5 heteroatoms. The van der Waals surface area contributed by atoms with Crippen molar-refractivity contribution in [3.05, 3.63) is 91.0 Å². The number of benzene rings is 3. The van der Waals surface area contributed by atoms with E-state index in [4.69, 9.17) is 3.97 Å². The molecule has 0 heterocycles. The topological polar surface area (TPSA) is 43.4 Å². The molecule has 124 valence electrons. The molecule has 0 atom stereocenters. The second kappa shape index (κ2) is 6.86. The zero-order valence-corrected chi connectivity index (χ0v) is 15.1. The first-order chi connectivity index (χ1) is 11.5. The molecule has 24 heavy (non-hydrogen) atoms. The molecule has 0 saturated carbocycles. The zero-order valence-electron chi connectivity index (χ0n) is 13.3. The van der Waals surface area contributed by atoms with Crippen LogP contribution in [-0.4, -0.2) is 14.7 Å². The Hall–Kier alpha value is -2.00. The Morgan fingerprint density at radius 2 is 0.917 bits per heavy atom. The maximum atomic E-state index is 12.2. The van der Waals surface area contributed by atoms with Gasteiger partial charge < -0.3 is 0 Å². The number of hydrogen-bond acceptors (Lipinski definition) is 3. The van der Waals surface area contributed by atoms with Crippen LogP contribution in [0, 0.1) is 0 Å². The zero-order chi connectivity index (χ0) is 17.0. The molecule has 0 aliphatic heterocycles. The van der Waals surface area contributed by atoms with Gasteiger partial charge in [-0.2, -0.15) is 0 Å². The predicted molar refractivity (Wildman–Crippen MR) is 102 cm³/mol. The van der Waals surface area contributed by atoms with E-state index in [9.17, 15) is 8.42 Å². The molecule has 0 N–H and O–H groups in total. The summed E-state index contributed by atoms with van der Waals surface area (Å²) in [6.07, 6.45) is 1.11. The molecular formula is C19H19O3PS. The summed E-state index contributed by atoms with van der Waals surface area (Å²) < 4.78 is 30.3. The summed E-state index contributed by atoms with van der Waals surface area (Å²) in [5, 5.41) is 2.69. The molecule has 0 radical (unpaired) electrons. The number of hydrogen-bond donors (Lipinski definition) is 0. The van der Waals surface area contributed by atoms with Gasteiger partial charge in [0.1, 0.15) is 0 Å². The Balaban J connectivity index is 2.37. The van der Waals surface area contributed by atoms with Crippen LogP contribution in [0.1, 0.15) is 0 Å². The molecule has 0 unspecified atom stereocenters. The third kappa shape index (κ3) is 3.41. The Bertz CT molecular complexity index is 798. The molecule has 0 amide bonds. The van der Waals surface area contributed by atoms with Gasteiger partial charge in [-0.15, -0.1) is 0 Å². The molecule has 3 rings (SSSR count). The second-order valence-electron chi connectivity index (χ2n) is 5.57. The fourth-order valence-corrected chi connectivity index (χ4v) is 8.85. The van der Waals surface area contributed by atoms with Gasteiger partial charge in [0.25, 0.3) is 0 Å². The molecule has 0 bridgehead atoms. The van der Waals surface area contributed by atoms with E-state index in [1.54, 1.807) is 0 Å². The standard InChI is InChI=1S/C19H19O3PS/c1-24(20,21)22-23(17-11-5-2-6-12-17,18-13-7-3-8-14-18)19-15-9-4-10-16-19/h2-16,23H,1H3. The summed E-state index contributed by atoms with van der Waals surface area (Å²) in [5.41, 5.74) is 0. The maximum absolute atomic E-state index is 12.2. The molecular weight excluding hydrogens is 339 g/mol. The van der Waals surface area contributed by atoms with Crippen LogP contribution in [-0.2, 0) is 14.1 Å². The van der Waals surface area contributed by atoms with E-state index in [-0.39, 0.29) is 0 Å². The molecule has 3 aromatic rings. The molecule has 0 fully saturated rings. The van der Waals surface area contributed by atoms with Crippen LogP contribution in [0.15, 0.2) is 91.0 Å². The van der Waals surface area contributed by atoms with Gasteiger partial charge in [0.2, 0.25) is 0 Å². The van der Waals surface area contributed by atoms with E-state index in [2.05, 4.69) is 0 Å². The number of rotatable bonds is 5. The summed E-state index contributed by atoms with van der Waals surface area (Å²) in [6.45, 7) is 0. The van der Waals surface area contributed by atoms with Crippen LogP contribution < -0.4 is 15.9 Å². The van der Waals surface area contributed by atoms with Gasteiger partial charge in [-0.25, -0.2) is 0 Å². The molecule has 0 aliphatic rings. The van der Waals surface area contributed by atoms with E-state index >= 15 is 0 Å². The Kier molecular flexibility index (Phi) is 4.81. The van der Waals surface area contributed by atoms with Crippen molar-refractivity contribution in [1.82, 2.24) is 0 Å². The Labute approximate surface area is 143 Å². The molecule has 0 aliphatic carbocycles. The first-order valence-corrected chi connectivity index (χ1v) is 11.3. The van der Waals surface area contributed by atoms with Gasteiger partial charge in [0.15, 0.2) is 0 Å². The van der Waals surface area contributed by atoms with Gasteiger partial charge in [0, 0.05) is 0 Å². The van der Waals surface area contributed by atoms with Crippen LogP contribution in [0.2, 0.25) is 0 Å². The Morgan fingerprint density at radius 3 is 1.17 bits per heavy atom. The van der Waals surface area contributed by atoms with Crippen LogP contribution in [0.4, 0.5) is 0 Å². The summed E-state index contributed by atoms with van der Waals surface area (Å²) >= 11 is 0. The summed E-state index contributed by atoms with van der Waals surface area (Å²) in [6, 6.07) is 28.9. The monoisotopic (exact) mass is 358 g/mol. The van der Waals surface area contributed by atoms with Crippen molar-refractivity contribution < 1.29 is 12.4 Å². The molecule has 3 aromatic carbocycles. The van der Waals surface area contributed by atoms with E-state index in [0.717, 1.165) is 22.2 Å². The Morgan fingerprint density at radius 1 is 0.625 bits per heavy atom. The van der Waals surface area contributed by atoms with E-state index in [0.29, 0.717) is 0 Å². The van der Waals surface area contributed by atoms with Crippen molar-refractivity contribution in [3.8, 4) is 0 Å². The van der Waals surface area contributed by atoms with Crippen LogP contribution in [0.3, 0.4) is 0 Å². The third-order valence-electron chi connectivity index (χ3n) is 3.82. The third-order valence-corrected chi connectivity index (χ3v) is 9.47. The van der Waals surface area contributed by atoms with Crippen LogP contribution >= 0.6 is 7.49 Å². The van der Waals surface area contributed by atoms with Gasteiger partial charge in [-0.05, 0) is 0 Å². The van der Waals surface area contributed by atoms with E-state index < -0.39 is 17.6 Å². The van der Waals surface area contributed by atoms with Gasteiger partial charge in [-0.1, -0.05) is 0 Å². The minimum absolute atomic E-state index is 0.896. The van der Waals surface area contributed by atoms with Crippen molar-refractivity contribution >= 4 is 33.5 Å².